The maximum atomic E-state index is 5.75. The first kappa shape index (κ1) is 13.3. The average Bonchev–Trinajstić information content (AvgIpc) is 2.46. The van der Waals surface area contributed by atoms with Crippen LogP contribution in [0.2, 0.25) is 0 Å². The molecular weight excluding hydrogens is 250 g/mol. The molecule has 0 saturated heterocycles. The van der Waals surface area contributed by atoms with Gasteiger partial charge in [0.25, 0.3) is 0 Å². The Morgan fingerprint density at radius 3 is 2.90 bits per heavy atom. The monoisotopic (exact) mass is 271 g/mol. The molecule has 0 spiro atoms. The van der Waals surface area contributed by atoms with E-state index in [0.717, 1.165) is 23.9 Å². The Balaban J connectivity index is 1.74. The third kappa shape index (κ3) is 2.24. The van der Waals surface area contributed by atoms with Gasteiger partial charge in [0.1, 0.15) is 0 Å². The molecule has 2 aromatic rings. The molecule has 2 atom stereocenters. The highest BCUT2D eigenvalue weighted by Crippen LogP contribution is 2.44. The lowest BCUT2D eigenvalue weighted by atomic mass is 9.64. The molecular formula is C16H21N3O. The lowest BCUT2D eigenvalue weighted by molar-refractivity contribution is -0.0977. The van der Waals surface area contributed by atoms with Crippen LogP contribution in [-0.4, -0.2) is 28.7 Å². The fraction of sp³-hybridized carbons (Fsp3) is 0.500. The average molecular weight is 271 g/mol. The molecule has 1 aromatic heterocycles. The Morgan fingerprint density at radius 1 is 1.35 bits per heavy atom. The number of hydrogen-bond acceptors (Lipinski definition) is 4. The van der Waals surface area contributed by atoms with E-state index in [4.69, 9.17) is 4.74 Å². The van der Waals surface area contributed by atoms with Crippen LogP contribution in [0.15, 0.2) is 30.5 Å². The molecule has 0 aliphatic heterocycles. The van der Waals surface area contributed by atoms with Crippen molar-refractivity contribution in [3.05, 3.63) is 30.5 Å². The molecule has 20 heavy (non-hydrogen) atoms. The van der Waals surface area contributed by atoms with Crippen LogP contribution in [0.4, 0.5) is 5.95 Å². The van der Waals surface area contributed by atoms with Gasteiger partial charge in [0, 0.05) is 29.6 Å². The number of anilines is 1. The highest BCUT2D eigenvalue weighted by atomic mass is 16.5. The molecule has 106 valence electrons. The van der Waals surface area contributed by atoms with Crippen LogP contribution in [0.1, 0.15) is 27.2 Å². The van der Waals surface area contributed by atoms with E-state index in [9.17, 15) is 0 Å². The number of hydrogen-bond donors (Lipinski definition) is 1. The van der Waals surface area contributed by atoms with E-state index in [1.807, 2.05) is 37.4 Å². The molecule has 1 saturated carbocycles. The molecule has 4 nitrogen and oxygen atoms in total. The van der Waals surface area contributed by atoms with Crippen LogP contribution in [0.5, 0.6) is 0 Å². The Kier molecular flexibility index (Phi) is 3.34. The molecule has 1 N–H and O–H groups in total. The summed E-state index contributed by atoms with van der Waals surface area (Å²) < 4.78 is 5.75. The Labute approximate surface area is 119 Å². The van der Waals surface area contributed by atoms with Gasteiger partial charge in [0.15, 0.2) is 0 Å². The van der Waals surface area contributed by atoms with Crippen LogP contribution < -0.4 is 5.32 Å². The smallest absolute Gasteiger partial charge is 0.223 e. The first-order valence-electron chi connectivity index (χ1n) is 7.21. The van der Waals surface area contributed by atoms with E-state index in [-0.39, 0.29) is 5.41 Å². The minimum Gasteiger partial charge on any atom is -0.378 e. The highest BCUT2D eigenvalue weighted by molar-refractivity contribution is 5.78. The SMILES string of the molecule is CCOC1CC(Nc2ncc3ccccc3n2)C1(C)C. The zero-order valence-corrected chi connectivity index (χ0v) is 12.3. The summed E-state index contributed by atoms with van der Waals surface area (Å²) in [5.41, 5.74) is 1.09. The number of nitrogens with zero attached hydrogens (tertiary/aromatic N) is 2. The van der Waals surface area contributed by atoms with Crippen molar-refractivity contribution in [2.45, 2.75) is 39.3 Å². The quantitative estimate of drug-likeness (QED) is 0.927. The van der Waals surface area contributed by atoms with Crippen LogP contribution in [0, 0.1) is 5.41 Å². The van der Waals surface area contributed by atoms with Gasteiger partial charge in [-0.2, -0.15) is 0 Å². The van der Waals surface area contributed by atoms with Gasteiger partial charge in [0.05, 0.1) is 11.6 Å². The molecule has 1 aromatic carbocycles. The minimum atomic E-state index is 0.116. The molecule has 0 amide bonds. The molecule has 2 unspecified atom stereocenters. The molecule has 1 heterocycles. The van der Waals surface area contributed by atoms with Gasteiger partial charge in [-0.3, -0.25) is 0 Å². The van der Waals surface area contributed by atoms with Crippen molar-refractivity contribution >= 4 is 16.9 Å². The number of rotatable bonds is 4. The van der Waals surface area contributed by atoms with Gasteiger partial charge >= 0.3 is 0 Å². The van der Waals surface area contributed by atoms with Gasteiger partial charge in [-0.25, -0.2) is 9.97 Å². The summed E-state index contributed by atoms with van der Waals surface area (Å²) in [6, 6.07) is 8.40. The maximum Gasteiger partial charge on any atom is 0.223 e. The van der Waals surface area contributed by atoms with Crippen molar-refractivity contribution in [2.24, 2.45) is 5.41 Å². The van der Waals surface area contributed by atoms with Crippen LogP contribution in [0.25, 0.3) is 10.9 Å². The third-order valence-corrected chi connectivity index (χ3v) is 4.34. The van der Waals surface area contributed by atoms with Crippen molar-refractivity contribution in [2.75, 3.05) is 11.9 Å². The van der Waals surface area contributed by atoms with Gasteiger partial charge < -0.3 is 10.1 Å². The van der Waals surface area contributed by atoms with Crippen molar-refractivity contribution in [3.8, 4) is 0 Å². The van der Waals surface area contributed by atoms with Gasteiger partial charge in [0.2, 0.25) is 5.95 Å². The zero-order chi connectivity index (χ0) is 14.2. The lowest BCUT2D eigenvalue weighted by Crippen LogP contribution is -2.58. The minimum absolute atomic E-state index is 0.116. The predicted octanol–water partition coefficient (Wildman–Crippen LogP) is 3.25. The summed E-state index contributed by atoms with van der Waals surface area (Å²) in [6.07, 6.45) is 3.21. The standard InChI is InChI=1S/C16H21N3O/c1-4-20-14-9-13(16(14,2)3)19-15-17-10-11-7-5-6-8-12(11)18-15/h5-8,10,13-14H,4,9H2,1-3H3,(H,17,18,19). The van der Waals surface area contributed by atoms with E-state index in [2.05, 4.69) is 29.1 Å². The molecule has 1 aliphatic carbocycles. The number of benzene rings is 1. The number of para-hydroxylation sites is 1. The summed E-state index contributed by atoms with van der Waals surface area (Å²) in [7, 11) is 0. The third-order valence-electron chi connectivity index (χ3n) is 4.34. The largest absolute Gasteiger partial charge is 0.378 e. The van der Waals surface area contributed by atoms with Crippen LogP contribution >= 0.6 is 0 Å². The maximum absolute atomic E-state index is 5.75. The summed E-state index contributed by atoms with van der Waals surface area (Å²) in [5, 5.41) is 4.51. The Morgan fingerprint density at radius 2 is 2.15 bits per heavy atom. The second-order valence-corrected chi connectivity index (χ2v) is 5.95. The van der Waals surface area contributed by atoms with E-state index in [1.165, 1.54) is 0 Å². The molecule has 1 fully saturated rings. The van der Waals surface area contributed by atoms with Gasteiger partial charge in [-0.1, -0.05) is 32.0 Å². The van der Waals surface area contributed by atoms with Crippen molar-refractivity contribution in [1.29, 1.82) is 0 Å². The predicted molar refractivity (Wildman–Crippen MR) is 80.8 cm³/mol. The van der Waals surface area contributed by atoms with E-state index < -0.39 is 0 Å². The van der Waals surface area contributed by atoms with Crippen molar-refractivity contribution < 1.29 is 4.74 Å². The topological polar surface area (TPSA) is 47.0 Å². The van der Waals surface area contributed by atoms with Crippen LogP contribution in [0.3, 0.4) is 0 Å². The number of aromatic nitrogens is 2. The fourth-order valence-electron chi connectivity index (χ4n) is 2.81. The zero-order valence-electron chi connectivity index (χ0n) is 12.3. The summed E-state index contributed by atoms with van der Waals surface area (Å²) in [4.78, 5) is 8.97. The Bertz CT molecular complexity index is 611. The summed E-state index contributed by atoms with van der Waals surface area (Å²) >= 11 is 0. The van der Waals surface area contributed by atoms with Crippen LogP contribution in [-0.2, 0) is 4.74 Å². The lowest BCUT2D eigenvalue weighted by Gasteiger charge is -2.51. The van der Waals surface area contributed by atoms with Crippen molar-refractivity contribution in [1.82, 2.24) is 9.97 Å². The first-order valence-corrected chi connectivity index (χ1v) is 7.21. The fourth-order valence-corrected chi connectivity index (χ4v) is 2.81. The van der Waals surface area contributed by atoms with E-state index in [1.54, 1.807) is 0 Å². The molecule has 3 rings (SSSR count). The van der Waals surface area contributed by atoms with E-state index in [0.29, 0.717) is 18.1 Å². The normalized spacial score (nSPS) is 24.4. The Hall–Kier alpha value is -1.68. The van der Waals surface area contributed by atoms with Gasteiger partial charge in [-0.05, 0) is 19.4 Å². The molecule has 0 bridgehead atoms. The molecule has 0 radical (unpaired) electrons. The van der Waals surface area contributed by atoms with Gasteiger partial charge in [-0.15, -0.1) is 0 Å². The molecule has 1 aliphatic rings. The number of fused-ring (bicyclic) bond motifs is 1. The highest BCUT2D eigenvalue weighted by Gasteiger charge is 2.49. The van der Waals surface area contributed by atoms with Crippen molar-refractivity contribution in [3.63, 3.8) is 0 Å². The molecule has 4 heteroatoms. The second kappa shape index (κ2) is 5.02. The summed E-state index contributed by atoms with van der Waals surface area (Å²) in [6.45, 7) is 7.28. The van der Waals surface area contributed by atoms with E-state index >= 15 is 0 Å². The second-order valence-electron chi connectivity index (χ2n) is 5.95. The number of nitrogens with one attached hydrogen (secondary N) is 1. The number of ether oxygens (including phenoxy) is 1. The first-order chi connectivity index (χ1) is 9.61. The summed E-state index contributed by atoms with van der Waals surface area (Å²) in [5.74, 6) is 0.705.